The molecule has 0 aromatic heterocycles. The molecule has 0 saturated carbocycles. The molecule has 1 amide bonds. The Morgan fingerprint density at radius 3 is 2.14 bits per heavy atom. The number of sulfonamides is 1. The van der Waals surface area contributed by atoms with Crippen LogP contribution in [0.25, 0.3) is 0 Å². The fourth-order valence-corrected chi connectivity index (χ4v) is 4.40. The molecule has 0 radical (unpaired) electrons. The van der Waals surface area contributed by atoms with Crippen LogP contribution in [0.3, 0.4) is 0 Å². The summed E-state index contributed by atoms with van der Waals surface area (Å²) in [5.41, 5.74) is -0.449. The summed E-state index contributed by atoms with van der Waals surface area (Å²) in [6.07, 6.45) is 0. The molecule has 9 heteroatoms. The van der Waals surface area contributed by atoms with Gasteiger partial charge in [-0.15, -0.1) is 0 Å². The summed E-state index contributed by atoms with van der Waals surface area (Å²) in [6.45, 7) is 4.98. The second-order valence-electron chi connectivity index (χ2n) is 5.32. The third-order valence-corrected chi connectivity index (χ3v) is 4.95. The van der Waals surface area contributed by atoms with E-state index < -0.39 is 28.0 Å². The van der Waals surface area contributed by atoms with Crippen molar-refractivity contribution in [3.63, 3.8) is 0 Å². The van der Waals surface area contributed by atoms with Gasteiger partial charge < -0.3 is 5.32 Å². The minimum absolute atomic E-state index is 0.0295. The number of benzene rings is 1. The van der Waals surface area contributed by atoms with Crippen LogP contribution in [-0.2, 0) is 14.8 Å². The molecule has 1 aromatic rings. The number of carbonyl (C=O) groups is 1. The van der Waals surface area contributed by atoms with Gasteiger partial charge in [-0.3, -0.25) is 4.79 Å². The van der Waals surface area contributed by atoms with Gasteiger partial charge in [0.15, 0.2) is 0 Å². The Bertz CT molecular complexity index is 634. The van der Waals surface area contributed by atoms with Gasteiger partial charge in [0.25, 0.3) is 0 Å². The maximum atomic E-state index is 12.2. The third kappa shape index (κ3) is 5.75. The summed E-state index contributed by atoms with van der Waals surface area (Å²) >= 11 is 15.0. The van der Waals surface area contributed by atoms with E-state index >= 15 is 0 Å². The summed E-state index contributed by atoms with van der Waals surface area (Å²) in [4.78, 5) is 11.4. The van der Waals surface area contributed by atoms with Gasteiger partial charge in [-0.2, -0.15) is 0 Å². The van der Waals surface area contributed by atoms with Crippen LogP contribution in [0.4, 0.5) is 0 Å². The van der Waals surface area contributed by atoms with Crippen molar-refractivity contribution in [1.29, 1.82) is 0 Å². The molecule has 0 spiro atoms. The van der Waals surface area contributed by atoms with Crippen LogP contribution in [0.5, 0.6) is 0 Å². The molecule has 5 nitrogen and oxygen atoms in total. The topological polar surface area (TPSA) is 75.3 Å². The molecule has 1 rings (SSSR count). The Hall–Kier alpha value is -0.340. The average Bonchev–Trinajstić information content (AvgIpc) is 2.22. The number of carbonyl (C=O) groups excluding carboxylic acids is 1. The predicted octanol–water partition coefficient (Wildman–Crippen LogP) is 2.95. The molecule has 0 aliphatic carbocycles. The number of halogens is 3. The van der Waals surface area contributed by atoms with E-state index in [1.54, 1.807) is 20.8 Å². The van der Waals surface area contributed by atoms with Gasteiger partial charge in [0, 0.05) is 10.0 Å². The minimum Gasteiger partial charge on any atom is -0.350 e. The van der Waals surface area contributed by atoms with Gasteiger partial charge in [0.1, 0.15) is 4.90 Å². The molecule has 118 valence electrons. The van der Waals surface area contributed by atoms with Crippen molar-refractivity contribution in [3.05, 3.63) is 26.7 Å². The van der Waals surface area contributed by atoms with Crippen LogP contribution < -0.4 is 10.0 Å². The zero-order chi connectivity index (χ0) is 16.4. The summed E-state index contributed by atoms with van der Waals surface area (Å²) in [7, 11) is -3.98. The Morgan fingerprint density at radius 2 is 1.71 bits per heavy atom. The lowest BCUT2D eigenvalue weighted by Gasteiger charge is -2.20. The van der Waals surface area contributed by atoms with Crippen LogP contribution >= 0.6 is 39.1 Å². The van der Waals surface area contributed by atoms with Crippen molar-refractivity contribution in [1.82, 2.24) is 10.0 Å². The van der Waals surface area contributed by atoms with Crippen molar-refractivity contribution >= 4 is 55.1 Å². The Kier molecular flexibility index (Phi) is 6.08. The molecular formula is C12H15BrCl2N2O3S. The largest absolute Gasteiger partial charge is 0.350 e. The van der Waals surface area contributed by atoms with Crippen molar-refractivity contribution in [2.75, 3.05) is 6.54 Å². The SMILES string of the molecule is CC(C)(C)NC(=O)CNS(=O)(=O)c1c(Cl)cc(Br)cc1Cl. The first-order valence-electron chi connectivity index (χ1n) is 5.87. The zero-order valence-corrected chi connectivity index (χ0v) is 15.5. The molecule has 0 atom stereocenters. The highest BCUT2D eigenvalue weighted by molar-refractivity contribution is 9.10. The molecule has 0 unspecified atom stereocenters. The van der Waals surface area contributed by atoms with Gasteiger partial charge in [-0.1, -0.05) is 39.1 Å². The van der Waals surface area contributed by atoms with Crippen LogP contribution in [0.15, 0.2) is 21.5 Å². The summed E-state index contributed by atoms with van der Waals surface area (Å²) < 4.78 is 27.1. The number of hydrogen-bond donors (Lipinski definition) is 2. The van der Waals surface area contributed by atoms with E-state index in [4.69, 9.17) is 23.2 Å². The lowest BCUT2D eigenvalue weighted by molar-refractivity contribution is -0.121. The molecule has 0 saturated heterocycles. The Morgan fingerprint density at radius 1 is 1.24 bits per heavy atom. The van der Waals surface area contributed by atoms with Gasteiger partial charge in [-0.25, -0.2) is 13.1 Å². The molecule has 2 N–H and O–H groups in total. The van der Waals surface area contributed by atoms with Crippen molar-refractivity contribution in [3.8, 4) is 0 Å². The first-order chi connectivity index (χ1) is 9.42. The van der Waals surface area contributed by atoms with E-state index in [-0.39, 0.29) is 14.9 Å². The Balaban J connectivity index is 2.91. The van der Waals surface area contributed by atoms with Gasteiger partial charge in [0.05, 0.1) is 16.6 Å². The average molecular weight is 418 g/mol. The summed E-state index contributed by atoms with van der Waals surface area (Å²) in [6, 6.07) is 2.83. The van der Waals surface area contributed by atoms with E-state index in [0.29, 0.717) is 4.47 Å². The lowest BCUT2D eigenvalue weighted by atomic mass is 10.1. The maximum absolute atomic E-state index is 12.2. The van der Waals surface area contributed by atoms with Crippen molar-refractivity contribution in [2.45, 2.75) is 31.2 Å². The van der Waals surface area contributed by atoms with Crippen LogP contribution in [0, 0.1) is 0 Å². The number of amides is 1. The van der Waals surface area contributed by atoms with Gasteiger partial charge in [-0.05, 0) is 32.9 Å². The highest BCUT2D eigenvalue weighted by atomic mass is 79.9. The van der Waals surface area contributed by atoms with E-state index in [0.717, 1.165) is 0 Å². The first-order valence-corrected chi connectivity index (χ1v) is 8.91. The molecule has 0 bridgehead atoms. The van der Waals surface area contributed by atoms with Crippen molar-refractivity contribution in [2.24, 2.45) is 0 Å². The molecule has 0 heterocycles. The predicted molar refractivity (Wildman–Crippen MR) is 87.2 cm³/mol. The Labute approximate surface area is 142 Å². The monoisotopic (exact) mass is 416 g/mol. The molecular weight excluding hydrogens is 403 g/mol. The number of rotatable bonds is 4. The standard InChI is InChI=1S/C12H15BrCl2N2O3S/c1-12(2,3)17-10(18)6-16-21(19,20)11-8(14)4-7(13)5-9(11)15/h4-5,16H,6H2,1-3H3,(H,17,18). The highest BCUT2D eigenvalue weighted by Crippen LogP contribution is 2.32. The van der Waals surface area contributed by atoms with Crippen LogP contribution in [0.2, 0.25) is 10.0 Å². The van der Waals surface area contributed by atoms with Gasteiger partial charge in [0.2, 0.25) is 15.9 Å². The van der Waals surface area contributed by atoms with E-state index in [2.05, 4.69) is 26.0 Å². The molecule has 0 fully saturated rings. The molecule has 1 aromatic carbocycles. The van der Waals surface area contributed by atoms with E-state index in [1.165, 1.54) is 12.1 Å². The van der Waals surface area contributed by atoms with Crippen LogP contribution in [-0.4, -0.2) is 26.4 Å². The second kappa shape index (κ2) is 6.83. The van der Waals surface area contributed by atoms with E-state index in [9.17, 15) is 13.2 Å². The lowest BCUT2D eigenvalue weighted by Crippen LogP contribution is -2.45. The zero-order valence-electron chi connectivity index (χ0n) is 11.6. The van der Waals surface area contributed by atoms with Crippen LogP contribution in [0.1, 0.15) is 20.8 Å². The number of hydrogen-bond acceptors (Lipinski definition) is 3. The minimum atomic E-state index is -3.98. The fourth-order valence-electron chi connectivity index (χ4n) is 1.48. The summed E-state index contributed by atoms with van der Waals surface area (Å²) in [5, 5.41) is 2.58. The number of nitrogens with one attached hydrogen (secondary N) is 2. The smallest absolute Gasteiger partial charge is 0.244 e. The third-order valence-electron chi connectivity index (χ3n) is 2.17. The molecule has 0 aliphatic rings. The fraction of sp³-hybridized carbons (Fsp3) is 0.417. The molecule has 21 heavy (non-hydrogen) atoms. The first kappa shape index (κ1) is 18.7. The normalized spacial score (nSPS) is 12.3. The van der Waals surface area contributed by atoms with Gasteiger partial charge >= 0.3 is 0 Å². The molecule has 0 aliphatic heterocycles. The summed E-state index contributed by atoms with van der Waals surface area (Å²) in [5.74, 6) is -0.449. The van der Waals surface area contributed by atoms with Crippen molar-refractivity contribution < 1.29 is 13.2 Å². The highest BCUT2D eigenvalue weighted by Gasteiger charge is 2.24. The second-order valence-corrected chi connectivity index (χ2v) is 8.76. The van der Waals surface area contributed by atoms with E-state index in [1.807, 2.05) is 0 Å². The quantitative estimate of drug-likeness (QED) is 0.790. The maximum Gasteiger partial charge on any atom is 0.244 e.